The number of nitrogens with one attached hydrogen (secondary N) is 1. The van der Waals surface area contributed by atoms with Crippen molar-refractivity contribution >= 4 is 34.8 Å². The highest BCUT2D eigenvalue weighted by molar-refractivity contribution is 6.30. The maximum Gasteiger partial charge on any atom is 0.416 e. The lowest BCUT2D eigenvalue weighted by Crippen LogP contribution is -2.44. The molecular formula is C24H25ClF3N3O3. The fourth-order valence-corrected chi connectivity index (χ4v) is 4.40. The number of morpholine rings is 1. The minimum absolute atomic E-state index is 0.114. The first-order valence-corrected chi connectivity index (χ1v) is 11.5. The first kappa shape index (κ1) is 24.3. The summed E-state index contributed by atoms with van der Waals surface area (Å²) in [5.41, 5.74) is 0.276. The van der Waals surface area contributed by atoms with Crippen LogP contribution in [0.2, 0.25) is 5.02 Å². The maximum absolute atomic E-state index is 13.4. The van der Waals surface area contributed by atoms with Crippen molar-refractivity contribution in [1.29, 1.82) is 0 Å². The summed E-state index contributed by atoms with van der Waals surface area (Å²) in [4.78, 5) is 29.5. The average Bonchev–Trinajstić information content (AvgIpc) is 2.84. The highest BCUT2D eigenvalue weighted by Gasteiger charge is 2.33. The van der Waals surface area contributed by atoms with Crippen molar-refractivity contribution in [2.24, 2.45) is 5.92 Å². The number of rotatable bonds is 4. The number of alkyl halides is 3. The second-order valence-electron chi connectivity index (χ2n) is 8.42. The van der Waals surface area contributed by atoms with Crippen molar-refractivity contribution in [2.45, 2.75) is 19.0 Å². The zero-order chi connectivity index (χ0) is 24.3. The van der Waals surface area contributed by atoms with Crippen LogP contribution in [0.1, 0.15) is 28.8 Å². The minimum Gasteiger partial charge on any atom is -0.378 e. The number of ether oxygens (including phenoxy) is 1. The van der Waals surface area contributed by atoms with Crippen LogP contribution >= 0.6 is 11.6 Å². The molecule has 0 aromatic heterocycles. The Morgan fingerprint density at radius 1 is 1.03 bits per heavy atom. The molecule has 1 N–H and O–H groups in total. The second kappa shape index (κ2) is 10.2. The summed E-state index contributed by atoms with van der Waals surface area (Å²) >= 11 is 5.89. The first-order valence-electron chi connectivity index (χ1n) is 11.1. The molecule has 6 nitrogen and oxygen atoms in total. The van der Waals surface area contributed by atoms with Crippen LogP contribution in [0.5, 0.6) is 0 Å². The number of amides is 2. The zero-order valence-electron chi connectivity index (χ0n) is 18.4. The van der Waals surface area contributed by atoms with Gasteiger partial charge in [0.15, 0.2) is 0 Å². The lowest BCUT2D eigenvalue weighted by molar-refractivity contribution is -0.137. The van der Waals surface area contributed by atoms with Gasteiger partial charge in [0.25, 0.3) is 5.91 Å². The number of likely N-dealkylation sites (tertiary alicyclic amines) is 1. The number of nitrogens with zero attached hydrogens (tertiary/aromatic N) is 2. The van der Waals surface area contributed by atoms with E-state index < -0.39 is 23.6 Å². The van der Waals surface area contributed by atoms with E-state index in [4.69, 9.17) is 16.3 Å². The molecular weight excluding hydrogens is 471 g/mol. The molecule has 0 spiro atoms. The number of carbonyl (C=O) groups is 2. The van der Waals surface area contributed by atoms with Gasteiger partial charge in [-0.2, -0.15) is 13.2 Å². The molecule has 1 atom stereocenters. The molecule has 2 aromatic rings. The Hall–Kier alpha value is -2.78. The quantitative estimate of drug-likeness (QED) is 0.668. The SMILES string of the molecule is O=C(Nc1cc(C(F)(F)F)ccc1N1CCOCC1)C1CCCN(C(=O)c2ccc(Cl)cc2)C1. The van der Waals surface area contributed by atoms with Crippen molar-refractivity contribution in [1.82, 2.24) is 4.90 Å². The van der Waals surface area contributed by atoms with Gasteiger partial charge in [-0.25, -0.2) is 0 Å². The third-order valence-corrected chi connectivity index (χ3v) is 6.36. The van der Waals surface area contributed by atoms with E-state index in [2.05, 4.69) is 5.32 Å². The number of carbonyl (C=O) groups excluding carboxylic acids is 2. The highest BCUT2D eigenvalue weighted by atomic mass is 35.5. The van der Waals surface area contributed by atoms with Crippen LogP contribution in [0.15, 0.2) is 42.5 Å². The summed E-state index contributed by atoms with van der Waals surface area (Å²) in [7, 11) is 0. The molecule has 1 unspecified atom stereocenters. The van der Waals surface area contributed by atoms with Crippen LogP contribution in [-0.2, 0) is 15.7 Å². The van der Waals surface area contributed by atoms with Gasteiger partial charge in [0.05, 0.1) is 36.1 Å². The standard InChI is InChI=1S/C24H25ClF3N3O3/c25-19-6-3-16(4-7-19)23(33)31-9-1-2-17(15-31)22(32)29-20-14-18(24(26,27)28)5-8-21(20)30-10-12-34-13-11-30/h3-8,14,17H,1-2,9-13,15H2,(H,29,32). The predicted molar refractivity (Wildman–Crippen MR) is 123 cm³/mol. The summed E-state index contributed by atoms with van der Waals surface area (Å²) in [6.45, 7) is 2.65. The Morgan fingerprint density at radius 3 is 2.41 bits per heavy atom. The van der Waals surface area contributed by atoms with Crippen LogP contribution in [0, 0.1) is 5.92 Å². The van der Waals surface area contributed by atoms with Crippen LogP contribution in [0.4, 0.5) is 24.5 Å². The van der Waals surface area contributed by atoms with E-state index in [0.29, 0.717) is 62.0 Å². The van der Waals surface area contributed by atoms with Gasteiger partial charge in [0.2, 0.25) is 5.91 Å². The van der Waals surface area contributed by atoms with Crippen molar-refractivity contribution < 1.29 is 27.5 Å². The largest absolute Gasteiger partial charge is 0.416 e. The minimum atomic E-state index is -4.53. The monoisotopic (exact) mass is 495 g/mol. The van der Waals surface area contributed by atoms with E-state index in [1.807, 2.05) is 4.90 Å². The van der Waals surface area contributed by atoms with E-state index >= 15 is 0 Å². The highest BCUT2D eigenvalue weighted by Crippen LogP contribution is 2.36. The molecule has 0 aliphatic carbocycles. The van der Waals surface area contributed by atoms with Gasteiger partial charge in [-0.05, 0) is 55.3 Å². The molecule has 2 heterocycles. The summed E-state index contributed by atoms with van der Waals surface area (Å²) in [6.07, 6.45) is -3.37. The van der Waals surface area contributed by atoms with Gasteiger partial charge in [0, 0.05) is 36.8 Å². The molecule has 2 aromatic carbocycles. The van der Waals surface area contributed by atoms with E-state index in [9.17, 15) is 22.8 Å². The number of anilines is 2. The van der Waals surface area contributed by atoms with Gasteiger partial charge >= 0.3 is 6.18 Å². The van der Waals surface area contributed by atoms with Crippen molar-refractivity contribution in [3.8, 4) is 0 Å². The molecule has 0 radical (unpaired) electrons. The normalized spacial score (nSPS) is 19.1. The van der Waals surface area contributed by atoms with Gasteiger partial charge in [-0.1, -0.05) is 11.6 Å². The third kappa shape index (κ3) is 5.64. The molecule has 34 heavy (non-hydrogen) atoms. The Bertz CT molecular complexity index is 1040. The molecule has 2 saturated heterocycles. The van der Waals surface area contributed by atoms with Gasteiger partial charge in [0.1, 0.15) is 0 Å². The molecule has 182 valence electrons. The summed E-state index contributed by atoms with van der Waals surface area (Å²) in [5, 5.41) is 3.24. The average molecular weight is 496 g/mol. The second-order valence-corrected chi connectivity index (χ2v) is 8.85. The van der Waals surface area contributed by atoms with E-state index in [-0.39, 0.29) is 18.1 Å². The van der Waals surface area contributed by atoms with Crippen molar-refractivity contribution in [3.05, 3.63) is 58.6 Å². The van der Waals surface area contributed by atoms with E-state index in [1.54, 1.807) is 29.2 Å². The summed E-state index contributed by atoms with van der Waals surface area (Å²) < 4.78 is 45.4. The predicted octanol–water partition coefficient (Wildman–Crippen LogP) is 4.69. The Balaban J connectivity index is 1.51. The van der Waals surface area contributed by atoms with Gasteiger partial charge < -0.3 is 19.9 Å². The van der Waals surface area contributed by atoms with Crippen LogP contribution in [0.3, 0.4) is 0 Å². The van der Waals surface area contributed by atoms with Crippen molar-refractivity contribution in [3.63, 3.8) is 0 Å². The number of piperidine rings is 1. The molecule has 0 bridgehead atoms. The number of hydrogen-bond acceptors (Lipinski definition) is 4. The topological polar surface area (TPSA) is 61.9 Å². The van der Waals surface area contributed by atoms with Crippen molar-refractivity contribution in [2.75, 3.05) is 49.6 Å². The molecule has 2 fully saturated rings. The maximum atomic E-state index is 13.4. The van der Waals surface area contributed by atoms with Crippen LogP contribution in [0.25, 0.3) is 0 Å². The Kier molecular flexibility index (Phi) is 7.33. The number of benzene rings is 2. The van der Waals surface area contributed by atoms with E-state index in [1.165, 1.54) is 6.07 Å². The summed E-state index contributed by atoms with van der Waals surface area (Å²) in [5.74, 6) is -1.14. The molecule has 2 aliphatic heterocycles. The lowest BCUT2D eigenvalue weighted by Gasteiger charge is -2.33. The smallest absolute Gasteiger partial charge is 0.378 e. The Morgan fingerprint density at radius 2 is 1.74 bits per heavy atom. The fraction of sp³-hybridized carbons (Fsp3) is 0.417. The molecule has 2 aliphatic rings. The molecule has 0 saturated carbocycles. The third-order valence-electron chi connectivity index (χ3n) is 6.10. The van der Waals surface area contributed by atoms with Gasteiger partial charge in [-0.3, -0.25) is 9.59 Å². The van der Waals surface area contributed by atoms with Crippen LogP contribution < -0.4 is 10.2 Å². The first-order chi connectivity index (χ1) is 16.2. The zero-order valence-corrected chi connectivity index (χ0v) is 19.2. The molecule has 10 heteroatoms. The lowest BCUT2D eigenvalue weighted by atomic mass is 9.96. The number of halogens is 4. The number of hydrogen-bond donors (Lipinski definition) is 1. The molecule has 4 rings (SSSR count). The Labute approximate surface area is 200 Å². The fourth-order valence-electron chi connectivity index (χ4n) is 4.28. The van der Waals surface area contributed by atoms with Crippen LogP contribution in [-0.4, -0.2) is 56.1 Å². The summed E-state index contributed by atoms with van der Waals surface area (Å²) in [6, 6.07) is 9.90. The molecule has 2 amide bonds. The van der Waals surface area contributed by atoms with E-state index in [0.717, 1.165) is 12.1 Å². The van der Waals surface area contributed by atoms with Gasteiger partial charge in [-0.15, -0.1) is 0 Å².